The monoisotopic (exact) mass is 389 g/mol. The molecule has 0 aliphatic carbocycles. The van der Waals surface area contributed by atoms with Crippen LogP contribution in [0.3, 0.4) is 0 Å². The fraction of sp³-hybridized carbons (Fsp3) is 0.619. The van der Waals surface area contributed by atoms with Crippen molar-refractivity contribution in [3.8, 4) is 11.5 Å². The summed E-state index contributed by atoms with van der Waals surface area (Å²) < 4.78 is 10.6. The van der Waals surface area contributed by atoms with Gasteiger partial charge in [-0.1, -0.05) is 6.07 Å². The van der Waals surface area contributed by atoms with Crippen molar-refractivity contribution in [1.82, 2.24) is 14.7 Å². The van der Waals surface area contributed by atoms with Gasteiger partial charge in [-0.25, -0.2) is 0 Å². The standard InChI is InChI=1S/C21H31N3O4/c1-27-18-7-6-17(14-19(18)28-2)15-20(25)24-12-10-22(11-13-24)16-21(26)23-8-4-3-5-9-23/h6-7,14H,3-5,8-13,15-16H2,1-2H3. The Morgan fingerprint density at radius 3 is 2.11 bits per heavy atom. The van der Waals surface area contributed by atoms with E-state index >= 15 is 0 Å². The zero-order valence-electron chi connectivity index (χ0n) is 17.0. The van der Waals surface area contributed by atoms with E-state index in [4.69, 9.17) is 9.47 Å². The fourth-order valence-electron chi connectivity index (χ4n) is 3.87. The van der Waals surface area contributed by atoms with Crippen LogP contribution in [-0.4, -0.2) is 86.5 Å². The highest BCUT2D eigenvalue weighted by Crippen LogP contribution is 2.27. The van der Waals surface area contributed by atoms with Crippen molar-refractivity contribution >= 4 is 11.8 Å². The highest BCUT2D eigenvalue weighted by Gasteiger charge is 2.25. The first-order chi connectivity index (χ1) is 13.6. The topological polar surface area (TPSA) is 62.3 Å². The molecule has 28 heavy (non-hydrogen) atoms. The van der Waals surface area contributed by atoms with Gasteiger partial charge in [0.05, 0.1) is 27.2 Å². The molecule has 2 heterocycles. The predicted molar refractivity (Wildman–Crippen MR) is 107 cm³/mol. The van der Waals surface area contributed by atoms with Crippen LogP contribution >= 0.6 is 0 Å². The average molecular weight is 389 g/mol. The van der Waals surface area contributed by atoms with E-state index in [9.17, 15) is 9.59 Å². The highest BCUT2D eigenvalue weighted by atomic mass is 16.5. The van der Waals surface area contributed by atoms with Crippen molar-refractivity contribution in [3.63, 3.8) is 0 Å². The summed E-state index contributed by atoms with van der Waals surface area (Å²) in [5, 5.41) is 0. The van der Waals surface area contributed by atoms with Crippen LogP contribution in [-0.2, 0) is 16.0 Å². The molecule has 7 nitrogen and oxygen atoms in total. The van der Waals surface area contributed by atoms with E-state index in [2.05, 4.69) is 4.90 Å². The molecule has 0 radical (unpaired) electrons. The van der Waals surface area contributed by atoms with Crippen molar-refractivity contribution in [1.29, 1.82) is 0 Å². The van der Waals surface area contributed by atoms with Gasteiger partial charge in [0.2, 0.25) is 11.8 Å². The van der Waals surface area contributed by atoms with Crippen LogP contribution in [0.2, 0.25) is 0 Å². The quantitative estimate of drug-likeness (QED) is 0.736. The van der Waals surface area contributed by atoms with Gasteiger partial charge in [0.1, 0.15) is 0 Å². The third kappa shape index (κ3) is 5.16. The number of carbonyl (C=O) groups excluding carboxylic acids is 2. The molecule has 0 saturated carbocycles. The number of hydrogen-bond donors (Lipinski definition) is 0. The molecule has 2 fully saturated rings. The molecule has 0 atom stereocenters. The molecule has 1 aromatic rings. The number of likely N-dealkylation sites (tertiary alicyclic amines) is 1. The first-order valence-corrected chi connectivity index (χ1v) is 10.1. The normalized spacial score (nSPS) is 18.1. The molecule has 2 aliphatic heterocycles. The lowest BCUT2D eigenvalue weighted by Crippen LogP contribution is -2.52. The summed E-state index contributed by atoms with van der Waals surface area (Å²) in [5.74, 6) is 1.62. The Bertz CT molecular complexity index is 680. The maximum absolute atomic E-state index is 12.7. The van der Waals surface area contributed by atoms with Crippen LogP contribution in [0.25, 0.3) is 0 Å². The van der Waals surface area contributed by atoms with Crippen molar-refractivity contribution in [2.24, 2.45) is 0 Å². The third-order valence-electron chi connectivity index (χ3n) is 5.60. The number of nitrogens with zero attached hydrogens (tertiary/aromatic N) is 3. The van der Waals surface area contributed by atoms with Gasteiger partial charge >= 0.3 is 0 Å². The first-order valence-electron chi connectivity index (χ1n) is 10.1. The number of ether oxygens (including phenoxy) is 2. The molecule has 0 spiro atoms. The highest BCUT2D eigenvalue weighted by molar-refractivity contribution is 5.80. The molecule has 154 valence electrons. The lowest BCUT2D eigenvalue weighted by atomic mass is 10.1. The average Bonchev–Trinajstić information content (AvgIpc) is 2.74. The summed E-state index contributed by atoms with van der Waals surface area (Å²) in [5.41, 5.74) is 0.908. The Kier molecular flexibility index (Phi) is 7.14. The SMILES string of the molecule is COc1ccc(CC(=O)N2CCN(CC(=O)N3CCCCC3)CC2)cc1OC. The Hall–Kier alpha value is -2.28. The van der Waals surface area contributed by atoms with Crippen LogP contribution < -0.4 is 9.47 Å². The van der Waals surface area contributed by atoms with Gasteiger partial charge in [-0.15, -0.1) is 0 Å². The van der Waals surface area contributed by atoms with Crippen molar-refractivity contribution in [2.75, 3.05) is 60.0 Å². The summed E-state index contributed by atoms with van der Waals surface area (Å²) in [6.07, 6.45) is 3.80. The summed E-state index contributed by atoms with van der Waals surface area (Å²) in [6.45, 7) is 5.08. The van der Waals surface area contributed by atoms with Gasteiger partial charge in [0.15, 0.2) is 11.5 Å². The van der Waals surface area contributed by atoms with Crippen LogP contribution in [0.15, 0.2) is 18.2 Å². The van der Waals surface area contributed by atoms with Gasteiger partial charge in [0, 0.05) is 39.3 Å². The van der Waals surface area contributed by atoms with E-state index in [-0.39, 0.29) is 11.8 Å². The number of piperidine rings is 1. The molecule has 1 aromatic carbocycles. The largest absolute Gasteiger partial charge is 0.493 e. The van der Waals surface area contributed by atoms with E-state index < -0.39 is 0 Å². The minimum Gasteiger partial charge on any atom is -0.493 e. The van der Waals surface area contributed by atoms with E-state index in [1.165, 1.54) is 6.42 Å². The molecule has 0 aromatic heterocycles. The second-order valence-corrected chi connectivity index (χ2v) is 7.46. The summed E-state index contributed by atoms with van der Waals surface area (Å²) in [6, 6.07) is 5.57. The summed E-state index contributed by atoms with van der Waals surface area (Å²) in [7, 11) is 3.19. The second-order valence-electron chi connectivity index (χ2n) is 7.46. The van der Waals surface area contributed by atoms with Gasteiger partial charge in [-0.3, -0.25) is 14.5 Å². The van der Waals surface area contributed by atoms with E-state index in [0.717, 1.165) is 44.6 Å². The number of piperazine rings is 1. The molecule has 2 aliphatic rings. The molecular weight excluding hydrogens is 358 g/mol. The zero-order chi connectivity index (χ0) is 19.9. The van der Waals surface area contributed by atoms with Crippen LogP contribution in [0.4, 0.5) is 0 Å². The lowest BCUT2D eigenvalue weighted by molar-refractivity contribution is -0.135. The Morgan fingerprint density at radius 2 is 1.46 bits per heavy atom. The van der Waals surface area contributed by atoms with Gasteiger partial charge < -0.3 is 19.3 Å². The maximum Gasteiger partial charge on any atom is 0.236 e. The number of amides is 2. The molecule has 2 amide bonds. The second kappa shape index (κ2) is 9.78. The number of carbonyl (C=O) groups is 2. The number of hydrogen-bond acceptors (Lipinski definition) is 5. The minimum atomic E-state index is 0.106. The van der Waals surface area contributed by atoms with E-state index in [1.54, 1.807) is 14.2 Å². The number of rotatable bonds is 6. The Morgan fingerprint density at radius 1 is 0.821 bits per heavy atom. The molecule has 0 N–H and O–H groups in total. The Labute approximate surface area is 167 Å². The van der Waals surface area contributed by atoms with Gasteiger partial charge in [0.25, 0.3) is 0 Å². The van der Waals surface area contributed by atoms with Crippen LogP contribution in [0.5, 0.6) is 11.5 Å². The van der Waals surface area contributed by atoms with Crippen molar-refractivity contribution in [2.45, 2.75) is 25.7 Å². The van der Waals surface area contributed by atoms with Crippen LogP contribution in [0.1, 0.15) is 24.8 Å². The maximum atomic E-state index is 12.7. The first kappa shape index (κ1) is 20.5. The molecule has 0 unspecified atom stereocenters. The summed E-state index contributed by atoms with van der Waals surface area (Å²) >= 11 is 0. The predicted octanol–water partition coefficient (Wildman–Crippen LogP) is 1.40. The molecule has 0 bridgehead atoms. The zero-order valence-corrected chi connectivity index (χ0v) is 17.0. The van der Waals surface area contributed by atoms with Crippen molar-refractivity contribution < 1.29 is 19.1 Å². The van der Waals surface area contributed by atoms with E-state index in [0.29, 0.717) is 37.6 Å². The number of benzene rings is 1. The summed E-state index contributed by atoms with van der Waals surface area (Å²) in [4.78, 5) is 31.1. The Balaban J connectivity index is 1.46. The minimum absolute atomic E-state index is 0.106. The number of methoxy groups -OCH3 is 2. The third-order valence-corrected chi connectivity index (χ3v) is 5.60. The van der Waals surface area contributed by atoms with E-state index in [1.807, 2.05) is 28.0 Å². The molecule has 2 saturated heterocycles. The smallest absolute Gasteiger partial charge is 0.236 e. The molecular formula is C21H31N3O4. The van der Waals surface area contributed by atoms with Crippen LogP contribution in [0, 0.1) is 0 Å². The van der Waals surface area contributed by atoms with Gasteiger partial charge in [-0.05, 0) is 37.0 Å². The lowest BCUT2D eigenvalue weighted by Gasteiger charge is -2.36. The molecule has 3 rings (SSSR count). The van der Waals surface area contributed by atoms with Gasteiger partial charge in [-0.2, -0.15) is 0 Å². The molecule has 7 heteroatoms. The fourth-order valence-corrected chi connectivity index (χ4v) is 3.87. The van der Waals surface area contributed by atoms with Crippen molar-refractivity contribution in [3.05, 3.63) is 23.8 Å².